The number of nitrogens with zero attached hydrogens (tertiary/aromatic N) is 1. The van der Waals surface area contributed by atoms with Crippen LogP contribution in [0.1, 0.15) is 6.92 Å². The van der Waals surface area contributed by atoms with E-state index in [4.69, 9.17) is 9.84 Å². The van der Waals surface area contributed by atoms with Gasteiger partial charge in [-0.15, -0.1) is 0 Å². The van der Waals surface area contributed by atoms with Gasteiger partial charge in [0.15, 0.2) is 5.75 Å². The maximum atomic E-state index is 11.7. The van der Waals surface area contributed by atoms with Gasteiger partial charge in [0.2, 0.25) is 0 Å². The Morgan fingerprint density at radius 3 is 2.93 bits per heavy atom. The van der Waals surface area contributed by atoms with E-state index in [1.807, 2.05) is 0 Å². The van der Waals surface area contributed by atoms with Gasteiger partial charge in [-0.05, 0) is 19.1 Å². The highest BCUT2D eigenvalue weighted by Gasteiger charge is 2.07. The predicted molar refractivity (Wildman–Crippen MR) is 55.0 cm³/mol. The lowest BCUT2D eigenvalue weighted by atomic mass is 10.3. The van der Waals surface area contributed by atoms with Gasteiger partial charge in [-0.3, -0.25) is 4.79 Å². The second kappa shape index (κ2) is 5.53. The maximum absolute atomic E-state index is 11.7. The molecular weight excluding hydrogens is 198 g/mol. The van der Waals surface area contributed by atoms with Crippen molar-refractivity contribution in [3.05, 3.63) is 28.7 Å². The van der Waals surface area contributed by atoms with Crippen molar-refractivity contribution in [1.82, 2.24) is 4.57 Å². The molecule has 0 aliphatic carbocycles. The van der Waals surface area contributed by atoms with Crippen molar-refractivity contribution in [2.45, 2.75) is 19.6 Å². The Hall–Kier alpha value is -1.33. The lowest BCUT2D eigenvalue weighted by molar-refractivity contribution is 0.0801. The van der Waals surface area contributed by atoms with E-state index in [1.54, 1.807) is 25.3 Å². The van der Waals surface area contributed by atoms with Crippen LogP contribution >= 0.6 is 0 Å². The van der Waals surface area contributed by atoms with Gasteiger partial charge >= 0.3 is 0 Å². The van der Waals surface area contributed by atoms with Gasteiger partial charge in [0.05, 0.1) is 25.9 Å². The molecule has 1 aromatic heterocycles. The summed E-state index contributed by atoms with van der Waals surface area (Å²) in [7, 11) is 0. The number of rotatable bonds is 5. The van der Waals surface area contributed by atoms with Crippen LogP contribution in [0.15, 0.2) is 23.1 Å². The molecule has 1 aromatic rings. The Morgan fingerprint density at radius 1 is 1.60 bits per heavy atom. The Balaban J connectivity index is 2.89. The van der Waals surface area contributed by atoms with Crippen molar-refractivity contribution in [1.29, 1.82) is 0 Å². The summed E-state index contributed by atoms with van der Waals surface area (Å²) in [6.07, 6.45) is 0.614. The van der Waals surface area contributed by atoms with E-state index >= 15 is 0 Å². The van der Waals surface area contributed by atoms with Gasteiger partial charge in [0, 0.05) is 6.20 Å². The van der Waals surface area contributed by atoms with Crippen LogP contribution in [-0.2, 0) is 6.54 Å². The summed E-state index contributed by atoms with van der Waals surface area (Å²) < 4.78 is 6.43. The number of ether oxygens (including phenoxy) is 1. The Labute approximate surface area is 87.5 Å². The first-order chi connectivity index (χ1) is 7.19. The molecule has 0 aliphatic rings. The van der Waals surface area contributed by atoms with Crippen molar-refractivity contribution >= 4 is 0 Å². The normalized spacial score (nSPS) is 12.5. The highest BCUT2D eigenvalue weighted by Crippen LogP contribution is 2.02. The second-order valence-electron chi connectivity index (χ2n) is 3.10. The molecule has 15 heavy (non-hydrogen) atoms. The summed E-state index contributed by atoms with van der Waals surface area (Å²) in [6, 6.07) is 3.24. The van der Waals surface area contributed by atoms with Gasteiger partial charge in [-0.1, -0.05) is 0 Å². The largest absolute Gasteiger partial charge is 0.488 e. The van der Waals surface area contributed by atoms with E-state index in [0.717, 1.165) is 0 Å². The van der Waals surface area contributed by atoms with Gasteiger partial charge in [0.25, 0.3) is 5.56 Å². The third kappa shape index (κ3) is 3.07. The average molecular weight is 213 g/mol. The molecule has 84 valence electrons. The third-order valence-electron chi connectivity index (χ3n) is 1.90. The summed E-state index contributed by atoms with van der Waals surface area (Å²) in [6.45, 7) is 1.91. The summed E-state index contributed by atoms with van der Waals surface area (Å²) in [5.74, 6) is 0.255. The molecular formula is C10H15NO4. The second-order valence-corrected chi connectivity index (χ2v) is 3.10. The molecule has 0 amide bonds. The summed E-state index contributed by atoms with van der Waals surface area (Å²) in [5, 5.41) is 17.9. The zero-order chi connectivity index (χ0) is 11.3. The van der Waals surface area contributed by atoms with E-state index in [9.17, 15) is 9.90 Å². The molecule has 1 rings (SSSR count). The summed E-state index contributed by atoms with van der Waals surface area (Å²) >= 11 is 0. The minimum Gasteiger partial charge on any atom is -0.488 e. The van der Waals surface area contributed by atoms with Crippen LogP contribution in [0.3, 0.4) is 0 Å². The number of hydrogen-bond donors (Lipinski definition) is 2. The fourth-order valence-corrected chi connectivity index (χ4v) is 1.21. The van der Waals surface area contributed by atoms with Crippen molar-refractivity contribution < 1.29 is 14.9 Å². The number of aliphatic hydroxyl groups is 2. The van der Waals surface area contributed by atoms with E-state index in [1.165, 1.54) is 4.57 Å². The molecule has 1 heterocycles. The van der Waals surface area contributed by atoms with E-state index in [2.05, 4.69) is 0 Å². The molecule has 1 unspecified atom stereocenters. The van der Waals surface area contributed by atoms with Gasteiger partial charge in [0.1, 0.15) is 0 Å². The molecule has 0 spiro atoms. The number of aromatic nitrogens is 1. The average Bonchev–Trinajstić information content (AvgIpc) is 2.24. The lowest BCUT2D eigenvalue weighted by Gasteiger charge is -2.11. The van der Waals surface area contributed by atoms with Crippen LogP contribution < -0.4 is 10.3 Å². The molecule has 0 saturated heterocycles. The first-order valence-corrected chi connectivity index (χ1v) is 4.80. The van der Waals surface area contributed by atoms with Crippen molar-refractivity contribution in [2.24, 2.45) is 0 Å². The highest BCUT2D eigenvalue weighted by atomic mass is 16.5. The number of aliphatic hydroxyl groups excluding tert-OH is 2. The third-order valence-corrected chi connectivity index (χ3v) is 1.90. The first kappa shape index (κ1) is 11.7. The van der Waals surface area contributed by atoms with Crippen molar-refractivity contribution in [3.63, 3.8) is 0 Å². The molecule has 0 aromatic carbocycles. The van der Waals surface area contributed by atoms with Crippen molar-refractivity contribution in [2.75, 3.05) is 13.2 Å². The monoisotopic (exact) mass is 213 g/mol. The minimum absolute atomic E-state index is 0.0657. The fourth-order valence-electron chi connectivity index (χ4n) is 1.21. The van der Waals surface area contributed by atoms with Gasteiger partial charge in [-0.2, -0.15) is 0 Å². The van der Waals surface area contributed by atoms with Crippen molar-refractivity contribution in [3.8, 4) is 5.75 Å². The molecule has 0 bridgehead atoms. The molecule has 5 nitrogen and oxygen atoms in total. The van der Waals surface area contributed by atoms with E-state index in [-0.39, 0.29) is 24.5 Å². The standard InChI is InChI=1S/C10H15NO4/c1-2-15-9-4-3-5-11(10(9)14)6-8(13)7-12/h3-5,8,12-13H,2,6-7H2,1H3. The van der Waals surface area contributed by atoms with E-state index in [0.29, 0.717) is 6.61 Å². The molecule has 0 fully saturated rings. The zero-order valence-electron chi connectivity index (χ0n) is 8.59. The number of pyridine rings is 1. The SMILES string of the molecule is CCOc1cccn(CC(O)CO)c1=O. The molecule has 5 heteroatoms. The molecule has 0 radical (unpaired) electrons. The molecule has 0 saturated carbocycles. The fraction of sp³-hybridized carbons (Fsp3) is 0.500. The quantitative estimate of drug-likeness (QED) is 0.698. The van der Waals surface area contributed by atoms with Crippen LogP contribution in [0.25, 0.3) is 0 Å². The molecule has 1 atom stereocenters. The first-order valence-electron chi connectivity index (χ1n) is 4.80. The van der Waals surface area contributed by atoms with Gasteiger partial charge < -0.3 is 19.5 Å². The van der Waals surface area contributed by atoms with Crippen LogP contribution in [0.5, 0.6) is 5.75 Å². The highest BCUT2D eigenvalue weighted by molar-refractivity contribution is 5.17. The summed E-state index contributed by atoms with van der Waals surface area (Å²) in [5.41, 5.74) is -0.299. The van der Waals surface area contributed by atoms with Crippen LogP contribution in [0.4, 0.5) is 0 Å². The van der Waals surface area contributed by atoms with Gasteiger partial charge in [-0.25, -0.2) is 0 Å². The Kier molecular flexibility index (Phi) is 4.33. The van der Waals surface area contributed by atoms with Crippen LogP contribution in [-0.4, -0.2) is 34.1 Å². The maximum Gasteiger partial charge on any atom is 0.292 e. The Morgan fingerprint density at radius 2 is 2.33 bits per heavy atom. The summed E-state index contributed by atoms with van der Waals surface area (Å²) in [4.78, 5) is 11.7. The number of hydrogen-bond acceptors (Lipinski definition) is 4. The van der Waals surface area contributed by atoms with Crippen LogP contribution in [0.2, 0.25) is 0 Å². The minimum atomic E-state index is -0.931. The predicted octanol–water partition coefficient (Wildman–Crippen LogP) is -0.400. The topological polar surface area (TPSA) is 71.7 Å². The van der Waals surface area contributed by atoms with Crippen LogP contribution in [0, 0.1) is 0 Å². The smallest absolute Gasteiger partial charge is 0.292 e. The molecule has 2 N–H and O–H groups in total. The lowest BCUT2D eigenvalue weighted by Crippen LogP contribution is -2.28. The Bertz CT molecular complexity index is 361. The van der Waals surface area contributed by atoms with E-state index < -0.39 is 6.10 Å². The zero-order valence-corrected chi connectivity index (χ0v) is 8.59. The molecule has 0 aliphatic heterocycles.